The molecule has 486 valence electrons. The van der Waals surface area contributed by atoms with Crippen molar-refractivity contribution in [2.24, 2.45) is 0 Å². The zero-order valence-corrected chi connectivity index (χ0v) is 53.4. The molecule has 0 saturated carbocycles. The summed E-state index contributed by atoms with van der Waals surface area (Å²) in [6, 6.07) is 5.14. The van der Waals surface area contributed by atoms with Gasteiger partial charge in [0.15, 0.2) is 0 Å². The van der Waals surface area contributed by atoms with Crippen LogP contribution >= 0.6 is 0 Å². The first kappa shape index (κ1) is 73.2. The monoisotopic (exact) mass is 1220 g/mol. The second-order valence-electron chi connectivity index (χ2n) is 26.2. The Morgan fingerprint density at radius 2 is 1.02 bits per heavy atom. The Labute approximate surface area is 511 Å². The van der Waals surface area contributed by atoms with E-state index < -0.39 is 118 Å². The van der Waals surface area contributed by atoms with Crippen LogP contribution in [0, 0.1) is 0 Å². The summed E-state index contributed by atoms with van der Waals surface area (Å²) < 4.78 is 26.9. The van der Waals surface area contributed by atoms with Gasteiger partial charge < -0.3 is 82.0 Å². The van der Waals surface area contributed by atoms with Crippen LogP contribution in [0.1, 0.15) is 160 Å². The molecule has 1 heterocycles. The number of benzene rings is 2. The summed E-state index contributed by atoms with van der Waals surface area (Å²) in [5.41, 5.74) is -2.13. The summed E-state index contributed by atoms with van der Waals surface area (Å²) in [5, 5.41) is 38.2. The fraction of sp³-hybridized carbons (Fsp3) is 0.639. The van der Waals surface area contributed by atoms with E-state index in [2.05, 4.69) is 53.2 Å². The van der Waals surface area contributed by atoms with Crippen molar-refractivity contribution in [1.82, 2.24) is 53.2 Å². The highest BCUT2D eigenvalue weighted by atomic mass is 16.6. The van der Waals surface area contributed by atoms with Gasteiger partial charge in [-0.15, -0.1) is 0 Å². The molecule has 0 unspecified atom stereocenters. The van der Waals surface area contributed by atoms with Crippen molar-refractivity contribution >= 4 is 60.0 Å². The fourth-order valence-electron chi connectivity index (χ4n) is 8.46. The third kappa shape index (κ3) is 31.2. The van der Waals surface area contributed by atoms with Crippen LogP contribution in [0.2, 0.25) is 0 Å². The molecule has 87 heavy (non-hydrogen) atoms. The smallest absolute Gasteiger partial charge is 0.408 e. The van der Waals surface area contributed by atoms with Crippen LogP contribution in [0.3, 0.4) is 0 Å². The van der Waals surface area contributed by atoms with Crippen LogP contribution in [0.5, 0.6) is 5.75 Å². The van der Waals surface area contributed by atoms with Crippen LogP contribution in [0.4, 0.5) is 24.0 Å². The summed E-state index contributed by atoms with van der Waals surface area (Å²) >= 11 is 0. The second-order valence-corrected chi connectivity index (χ2v) is 26.2. The zero-order valence-electron chi connectivity index (χ0n) is 53.4. The molecule has 1 aliphatic rings. The van der Waals surface area contributed by atoms with Gasteiger partial charge in [0.25, 0.3) is 0 Å². The van der Waals surface area contributed by atoms with Gasteiger partial charge in [-0.2, -0.15) is 0 Å². The number of aromatic hydroxyl groups is 1. The third-order valence-electron chi connectivity index (χ3n) is 12.1. The van der Waals surface area contributed by atoms with Gasteiger partial charge in [-0.1, -0.05) is 30.3 Å². The van der Waals surface area contributed by atoms with Crippen LogP contribution in [0.25, 0.3) is 11.1 Å². The Balaban J connectivity index is 2.11. The van der Waals surface area contributed by atoms with E-state index in [-0.39, 0.29) is 102 Å². The Morgan fingerprint density at radius 3 is 1.56 bits per heavy atom. The number of amides is 10. The lowest BCUT2D eigenvalue weighted by atomic mass is 9.95. The van der Waals surface area contributed by atoms with Gasteiger partial charge in [0.2, 0.25) is 29.5 Å². The first-order valence-corrected chi connectivity index (χ1v) is 29.5. The van der Waals surface area contributed by atoms with E-state index >= 15 is 4.79 Å². The molecule has 3 rings (SSSR count). The molecule has 1 aliphatic heterocycles. The Kier molecular flexibility index (Phi) is 27.9. The van der Waals surface area contributed by atoms with Crippen molar-refractivity contribution in [3.63, 3.8) is 0 Å². The molecule has 2 aromatic rings. The first-order valence-electron chi connectivity index (χ1n) is 29.5. The van der Waals surface area contributed by atoms with Crippen molar-refractivity contribution in [3.8, 4) is 16.9 Å². The molecule has 10 amide bonds. The number of phenols is 1. The van der Waals surface area contributed by atoms with Gasteiger partial charge in [-0.25, -0.2) is 24.0 Å². The van der Waals surface area contributed by atoms with E-state index in [1.807, 2.05) is 0 Å². The molecule has 0 aliphatic carbocycles. The number of hydrogen-bond donors (Lipinski definition) is 11. The number of carbonyl (C=O) groups is 10. The van der Waals surface area contributed by atoms with Gasteiger partial charge in [0.1, 0.15) is 57.9 Å². The normalized spacial score (nSPS) is 16.4. The lowest BCUT2D eigenvalue weighted by Gasteiger charge is -2.28. The van der Waals surface area contributed by atoms with E-state index in [4.69, 9.17) is 23.7 Å². The topological polar surface area (TPSA) is 357 Å². The minimum absolute atomic E-state index is 0.00528. The molecular weight excluding hydrogens is 1130 g/mol. The summed E-state index contributed by atoms with van der Waals surface area (Å²) in [6.07, 6.45) is -4.14. The molecule has 0 saturated heterocycles. The Hall–Kier alpha value is -8.06. The number of hydrogen-bond acceptors (Lipinski definition) is 16. The van der Waals surface area contributed by atoms with Crippen molar-refractivity contribution < 1.29 is 76.7 Å². The minimum atomic E-state index is -1.46. The van der Waals surface area contributed by atoms with Gasteiger partial charge in [0.05, 0.1) is 0 Å². The number of fused-ring (bicyclic) bond motifs is 5. The second kappa shape index (κ2) is 33.2. The van der Waals surface area contributed by atoms with Crippen molar-refractivity contribution in [1.29, 1.82) is 0 Å². The molecule has 11 N–H and O–H groups in total. The molecule has 0 spiro atoms. The molecule has 4 bridgehead atoms. The number of nitrogens with one attached hydrogen (secondary N) is 10. The van der Waals surface area contributed by atoms with Crippen LogP contribution in [-0.2, 0) is 60.5 Å². The molecular formula is C61H96N10O16. The van der Waals surface area contributed by atoms with Crippen molar-refractivity contribution in [2.75, 3.05) is 32.7 Å². The highest BCUT2D eigenvalue weighted by Gasteiger charge is 2.34. The predicted molar refractivity (Wildman–Crippen MR) is 324 cm³/mol. The maximum Gasteiger partial charge on any atom is 0.408 e. The van der Waals surface area contributed by atoms with Gasteiger partial charge in [-0.05, 0) is 177 Å². The summed E-state index contributed by atoms with van der Waals surface area (Å²) in [5.74, 6) is -4.01. The maximum absolute atomic E-state index is 15.1. The predicted octanol–water partition coefficient (Wildman–Crippen LogP) is 5.94. The first-order chi connectivity index (χ1) is 40.2. The van der Waals surface area contributed by atoms with Crippen LogP contribution in [0.15, 0.2) is 42.5 Å². The van der Waals surface area contributed by atoms with Crippen LogP contribution < -0.4 is 53.2 Å². The fourth-order valence-corrected chi connectivity index (χ4v) is 8.46. The lowest BCUT2D eigenvalue weighted by Crippen LogP contribution is -2.59. The lowest BCUT2D eigenvalue weighted by molar-refractivity contribution is -0.134. The highest BCUT2D eigenvalue weighted by molar-refractivity contribution is 5.96. The maximum atomic E-state index is 15.1. The number of rotatable bonds is 22. The van der Waals surface area contributed by atoms with E-state index in [1.54, 1.807) is 140 Å². The van der Waals surface area contributed by atoms with E-state index in [9.17, 15) is 48.3 Å². The molecule has 26 heteroatoms. The average Bonchev–Trinajstić information content (AvgIpc) is 2.46. The molecule has 0 aromatic heterocycles. The molecule has 5 atom stereocenters. The minimum Gasteiger partial charge on any atom is -0.508 e. The number of carbonyl (C=O) groups excluding carboxylic acids is 10. The third-order valence-corrected chi connectivity index (χ3v) is 12.1. The Morgan fingerprint density at radius 1 is 0.540 bits per heavy atom. The van der Waals surface area contributed by atoms with E-state index in [0.717, 1.165) is 0 Å². The highest BCUT2D eigenvalue weighted by Crippen LogP contribution is 2.29. The number of phenolic OH excluding ortho intramolecular Hbond substituents is 1. The SMILES string of the molecule is CC(C)(C)OC(=O)NCCC[C@@H](CC(=O)NCCNC(=O)OC(C)(C)C)NC(=O)[C@H](CCCNC(=O)OC(C)(C)C)NC(=O)[C@@H]1Cc2cccc(c2)-c2ccc(O)c(c2)C[C@H](NC(=O)OC(C)(C)C)C(=O)N[C@@H](CCCNC(=O)OC(C)(C)C)C(=O)N1. The molecule has 2 aromatic carbocycles. The van der Waals surface area contributed by atoms with Crippen LogP contribution in [-0.4, -0.2) is 156 Å². The van der Waals surface area contributed by atoms with E-state index in [0.29, 0.717) is 16.7 Å². The average molecular weight is 1230 g/mol. The summed E-state index contributed by atoms with van der Waals surface area (Å²) in [6.45, 7) is 25.4. The Bertz CT molecular complexity index is 2690. The van der Waals surface area contributed by atoms with Gasteiger partial charge in [-0.3, -0.25) is 24.0 Å². The van der Waals surface area contributed by atoms with Gasteiger partial charge in [0, 0.05) is 58.0 Å². The molecule has 0 fully saturated rings. The van der Waals surface area contributed by atoms with Crippen molar-refractivity contribution in [3.05, 3.63) is 53.6 Å². The number of alkyl carbamates (subject to hydrolysis) is 5. The standard InChI is InChI=1S/C61H96N10O16/c1-57(2,3)83-52(78)63-27-17-22-41(36-47(73)62-30-31-66-55(81)86-60(10,11)12)67-48(74)42(23-18-28-64-53(79)84-58(4,5)6)68-50(76)44-33-37-20-16-21-38(32-37)39-25-26-46(72)40(34-39)35-45(71-56(82)87-61(13,14)15)51(77)69-43(49(75)70-44)24-19-29-65-54(80)85-59(7,8)9/h16,20-21,25-26,32,34,41-45,72H,17-19,22-24,27-31,33,35-36H2,1-15H3,(H,62,73)(H,63,78)(H,64,79)(H,65,80)(H,66,81)(H,67,74)(H,68,76)(H,69,77)(H,70,75)(H,71,82)/t41-,42-,43-,44-,45-/m0/s1. The molecule has 26 nitrogen and oxygen atoms in total. The zero-order chi connectivity index (χ0) is 65.5. The largest absolute Gasteiger partial charge is 0.508 e. The van der Waals surface area contributed by atoms with E-state index in [1.165, 1.54) is 6.07 Å². The summed E-state index contributed by atoms with van der Waals surface area (Å²) in [7, 11) is 0. The number of ether oxygens (including phenoxy) is 5. The summed E-state index contributed by atoms with van der Waals surface area (Å²) in [4.78, 5) is 136. The van der Waals surface area contributed by atoms with Crippen molar-refractivity contribution in [2.45, 2.75) is 220 Å². The molecule has 0 radical (unpaired) electrons. The van der Waals surface area contributed by atoms with Gasteiger partial charge >= 0.3 is 30.5 Å². The quantitative estimate of drug-likeness (QED) is 0.0480.